The lowest BCUT2D eigenvalue weighted by Gasteiger charge is -2.02. The summed E-state index contributed by atoms with van der Waals surface area (Å²) in [7, 11) is 0. The minimum Gasteiger partial charge on any atom is -0.462 e. The van der Waals surface area contributed by atoms with Crippen molar-refractivity contribution in [3.05, 3.63) is 32.5 Å². The zero-order chi connectivity index (χ0) is 11.4. The SMILES string of the molecule is CCOC(=O)c1cnc(Br)cc1[N+](=O)[O-]. The van der Waals surface area contributed by atoms with Gasteiger partial charge in [0.1, 0.15) is 4.60 Å². The Hall–Kier alpha value is -1.50. The topological polar surface area (TPSA) is 82.3 Å². The number of esters is 1. The van der Waals surface area contributed by atoms with E-state index in [2.05, 4.69) is 25.7 Å². The number of carbonyl (C=O) groups is 1. The van der Waals surface area contributed by atoms with Gasteiger partial charge in [-0.1, -0.05) is 0 Å². The van der Waals surface area contributed by atoms with Crippen LogP contribution in [0.3, 0.4) is 0 Å². The van der Waals surface area contributed by atoms with Crippen LogP contribution >= 0.6 is 15.9 Å². The highest BCUT2D eigenvalue weighted by atomic mass is 79.9. The zero-order valence-corrected chi connectivity index (χ0v) is 9.35. The predicted octanol–water partition coefficient (Wildman–Crippen LogP) is 1.93. The number of hydrogen-bond donors (Lipinski definition) is 0. The molecule has 0 saturated heterocycles. The molecule has 0 aliphatic carbocycles. The second-order valence-electron chi connectivity index (χ2n) is 2.50. The molecule has 0 N–H and O–H groups in total. The average molecular weight is 275 g/mol. The molecule has 80 valence electrons. The fourth-order valence-corrected chi connectivity index (χ4v) is 1.26. The van der Waals surface area contributed by atoms with Crippen molar-refractivity contribution in [2.24, 2.45) is 0 Å². The third kappa shape index (κ3) is 2.72. The molecular weight excluding hydrogens is 268 g/mol. The fourth-order valence-electron chi connectivity index (χ4n) is 0.937. The molecule has 6 nitrogen and oxygen atoms in total. The van der Waals surface area contributed by atoms with Crippen LogP contribution in [0.5, 0.6) is 0 Å². The summed E-state index contributed by atoms with van der Waals surface area (Å²) < 4.78 is 4.95. The smallest absolute Gasteiger partial charge is 0.346 e. The van der Waals surface area contributed by atoms with E-state index >= 15 is 0 Å². The van der Waals surface area contributed by atoms with Crippen LogP contribution in [0.2, 0.25) is 0 Å². The van der Waals surface area contributed by atoms with Crippen molar-refractivity contribution in [3.63, 3.8) is 0 Å². The molecule has 7 heteroatoms. The maximum atomic E-state index is 11.3. The van der Waals surface area contributed by atoms with Crippen molar-refractivity contribution in [2.75, 3.05) is 6.61 Å². The number of aromatic nitrogens is 1. The summed E-state index contributed by atoms with van der Waals surface area (Å²) in [6.07, 6.45) is 1.11. The van der Waals surface area contributed by atoms with Gasteiger partial charge in [0.15, 0.2) is 5.56 Å². The average Bonchev–Trinajstić information content (AvgIpc) is 2.17. The van der Waals surface area contributed by atoms with Crippen LogP contribution < -0.4 is 0 Å². The summed E-state index contributed by atoms with van der Waals surface area (Å²) in [5.74, 6) is -0.746. The van der Waals surface area contributed by atoms with E-state index in [0.717, 1.165) is 12.3 Å². The molecule has 1 heterocycles. The van der Waals surface area contributed by atoms with Crippen molar-refractivity contribution in [1.29, 1.82) is 0 Å². The van der Waals surface area contributed by atoms with E-state index in [-0.39, 0.29) is 17.9 Å². The van der Waals surface area contributed by atoms with Gasteiger partial charge in [0, 0.05) is 12.3 Å². The van der Waals surface area contributed by atoms with Crippen LogP contribution in [-0.2, 0) is 4.74 Å². The number of rotatable bonds is 3. The number of ether oxygens (including phenoxy) is 1. The van der Waals surface area contributed by atoms with Gasteiger partial charge in [-0.15, -0.1) is 0 Å². The van der Waals surface area contributed by atoms with Crippen molar-refractivity contribution >= 4 is 27.6 Å². The molecule has 0 aliphatic rings. The third-order valence-electron chi connectivity index (χ3n) is 1.54. The van der Waals surface area contributed by atoms with Crippen LogP contribution in [-0.4, -0.2) is 22.5 Å². The Morgan fingerprint density at radius 2 is 2.40 bits per heavy atom. The van der Waals surface area contributed by atoms with Gasteiger partial charge in [-0.3, -0.25) is 10.1 Å². The summed E-state index contributed by atoms with van der Waals surface area (Å²) in [6.45, 7) is 1.78. The zero-order valence-electron chi connectivity index (χ0n) is 7.77. The highest BCUT2D eigenvalue weighted by Gasteiger charge is 2.22. The van der Waals surface area contributed by atoms with Crippen LogP contribution in [0.4, 0.5) is 5.69 Å². The lowest BCUT2D eigenvalue weighted by atomic mass is 10.2. The summed E-state index contributed by atoms with van der Waals surface area (Å²) >= 11 is 2.99. The molecule has 0 saturated carbocycles. The monoisotopic (exact) mass is 274 g/mol. The highest BCUT2D eigenvalue weighted by molar-refractivity contribution is 9.10. The highest BCUT2D eigenvalue weighted by Crippen LogP contribution is 2.21. The molecule has 0 fully saturated rings. The van der Waals surface area contributed by atoms with Gasteiger partial charge in [-0.25, -0.2) is 9.78 Å². The summed E-state index contributed by atoms with van der Waals surface area (Å²) in [5.41, 5.74) is -0.472. The van der Waals surface area contributed by atoms with E-state index in [9.17, 15) is 14.9 Å². The molecule has 0 aromatic carbocycles. The molecule has 0 atom stereocenters. The molecular formula is C8H7BrN2O4. The maximum Gasteiger partial charge on any atom is 0.346 e. The van der Waals surface area contributed by atoms with Crippen LogP contribution in [0.25, 0.3) is 0 Å². The Morgan fingerprint density at radius 3 is 2.93 bits per heavy atom. The Balaban J connectivity index is 3.17. The molecule has 0 aliphatic heterocycles. The van der Waals surface area contributed by atoms with E-state index in [1.165, 1.54) is 0 Å². The fraction of sp³-hybridized carbons (Fsp3) is 0.250. The first-order chi connectivity index (χ1) is 7.06. The minimum absolute atomic E-state index is 0.148. The van der Waals surface area contributed by atoms with Crippen LogP contribution in [0, 0.1) is 10.1 Å². The molecule has 0 spiro atoms. The van der Waals surface area contributed by atoms with Crippen molar-refractivity contribution < 1.29 is 14.5 Å². The van der Waals surface area contributed by atoms with Crippen molar-refractivity contribution in [2.45, 2.75) is 6.92 Å². The first kappa shape index (κ1) is 11.6. The first-order valence-electron chi connectivity index (χ1n) is 4.03. The van der Waals surface area contributed by atoms with Gasteiger partial charge in [-0.2, -0.15) is 0 Å². The normalized spacial score (nSPS) is 9.73. The number of hydrogen-bond acceptors (Lipinski definition) is 5. The van der Waals surface area contributed by atoms with Gasteiger partial charge in [-0.05, 0) is 22.9 Å². The molecule has 0 amide bonds. The second kappa shape index (κ2) is 4.83. The maximum absolute atomic E-state index is 11.3. The standard InChI is InChI=1S/C8H7BrN2O4/c1-2-15-8(12)5-4-10-7(9)3-6(5)11(13)14/h3-4H,2H2,1H3. The van der Waals surface area contributed by atoms with Gasteiger partial charge >= 0.3 is 5.97 Å². The number of carbonyl (C=O) groups excluding carboxylic acids is 1. The quantitative estimate of drug-likeness (QED) is 0.364. The molecule has 1 aromatic heterocycles. The summed E-state index contributed by atoms with van der Waals surface area (Å²) in [4.78, 5) is 25.0. The molecule has 1 rings (SSSR count). The van der Waals surface area contributed by atoms with Crippen molar-refractivity contribution in [1.82, 2.24) is 4.98 Å². The lowest BCUT2D eigenvalue weighted by molar-refractivity contribution is -0.385. The van der Waals surface area contributed by atoms with Crippen LogP contribution in [0.15, 0.2) is 16.9 Å². The Kier molecular flexibility index (Phi) is 3.73. The first-order valence-corrected chi connectivity index (χ1v) is 4.82. The Bertz CT molecular complexity index is 408. The van der Waals surface area contributed by atoms with Gasteiger partial charge in [0.25, 0.3) is 5.69 Å². The summed E-state index contributed by atoms with van der Waals surface area (Å²) in [5, 5.41) is 10.6. The summed E-state index contributed by atoms with van der Waals surface area (Å²) in [6, 6.07) is 1.16. The number of pyridine rings is 1. The molecule has 0 unspecified atom stereocenters. The predicted molar refractivity (Wildman–Crippen MR) is 54.5 cm³/mol. The van der Waals surface area contributed by atoms with E-state index in [1.54, 1.807) is 6.92 Å². The van der Waals surface area contributed by atoms with E-state index in [1.807, 2.05) is 0 Å². The Labute approximate surface area is 93.5 Å². The van der Waals surface area contributed by atoms with E-state index < -0.39 is 10.9 Å². The molecule has 0 radical (unpaired) electrons. The van der Waals surface area contributed by atoms with Gasteiger partial charge in [0.05, 0.1) is 11.5 Å². The van der Waals surface area contributed by atoms with E-state index in [0.29, 0.717) is 4.60 Å². The van der Waals surface area contributed by atoms with Gasteiger partial charge < -0.3 is 4.74 Å². The number of halogens is 1. The largest absolute Gasteiger partial charge is 0.462 e. The molecule has 1 aromatic rings. The van der Waals surface area contributed by atoms with Gasteiger partial charge in [0.2, 0.25) is 0 Å². The minimum atomic E-state index is -0.746. The molecule has 15 heavy (non-hydrogen) atoms. The van der Waals surface area contributed by atoms with Crippen molar-refractivity contribution in [3.8, 4) is 0 Å². The van der Waals surface area contributed by atoms with E-state index in [4.69, 9.17) is 0 Å². The second-order valence-corrected chi connectivity index (χ2v) is 3.31. The third-order valence-corrected chi connectivity index (χ3v) is 1.97. The number of nitro groups is 1. The Morgan fingerprint density at radius 1 is 1.73 bits per heavy atom. The lowest BCUT2D eigenvalue weighted by Crippen LogP contribution is -2.08. The number of nitrogens with zero attached hydrogens (tertiary/aromatic N) is 2. The molecule has 0 bridgehead atoms. The van der Waals surface area contributed by atoms with Crippen LogP contribution in [0.1, 0.15) is 17.3 Å².